The Hall–Kier alpha value is -2.70. The zero-order valence-corrected chi connectivity index (χ0v) is 13.4. The molecule has 0 bridgehead atoms. The Balaban J connectivity index is 1.87. The summed E-state index contributed by atoms with van der Waals surface area (Å²) in [6.45, 7) is -3.09. The first-order valence-electron chi connectivity index (χ1n) is 7.71. The van der Waals surface area contributed by atoms with Gasteiger partial charge < -0.3 is 14.8 Å². The Labute approximate surface area is 142 Å². The maximum Gasteiger partial charge on any atom is 0.387 e. The summed E-state index contributed by atoms with van der Waals surface area (Å²) in [7, 11) is 1.30. The quantitative estimate of drug-likeness (QED) is 0.890. The lowest BCUT2D eigenvalue weighted by molar-refractivity contribution is -0.0515. The van der Waals surface area contributed by atoms with Gasteiger partial charge in [-0.05, 0) is 42.2 Å². The summed E-state index contributed by atoms with van der Waals surface area (Å²) < 4.78 is 48.6. The van der Waals surface area contributed by atoms with Crippen molar-refractivity contribution in [3.05, 3.63) is 58.9 Å². The maximum atomic E-state index is 13.8. The molecule has 4 nitrogen and oxygen atoms in total. The highest BCUT2D eigenvalue weighted by Crippen LogP contribution is 2.35. The van der Waals surface area contributed by atoms with Gasteiger partial charge >= 0.3 is 6.61 Å². The van der Waals surface area contributed by atoms with Gasteiger partial charge in [0, 0.05) is 0 Å². The zero-order chi connectivity index (χ0) is 18.0. The molecule has 0 saturated heterocycles. The van der Waals surface area contributed by atoms with Crippen molar-refractivity contribution in [3.63, 3.8) is 0 Å². The van der Waals surface area contributed by atoms with E-state index in [9.17, 15) is 18.0 Å². The van der Waals surface area contributed by atoms with Crippen LogP contribution in [0.5, 0.6) is 11.5 Å². The van der Waals surface area contributed by atoms with Crippen LogP contribution in [0.25, 0.3) is 0 Å². The largest absolute Gasteiger partial charge is 0.493 e. The highest BCUT2D eigenvalue weighted by atomic mass is 19.3. The molecule has 0 fully saturated rings. The van der Waals surface area contributed by atoms with Crippen molar-refractivity contribution < 1.29 is 27.4 Å². The number of para-hydroxylation sites is 1. The van der Waals surface area contributed by atoms with Crippen molar-refractivity contribution in [2.45, 2.75) is 25.5 Å². The number of rotatable bonds is 5. The van der Waals surface area contributed by atoms with Crippen LogP contribution in [0.15, 0.2) is 36.4 Å². The minimum absolute atomic E-state index is 0.0332. The van der Waals surface area contributed by atoms with Gasteiger partial charge in [0.1, 0.15) is 5.82 Å². The first kappa shape index (κ1) is 17.1. The second-order valence-electron chi connectivity index (χ2n) is 5.59. The van der Waals surface area contributed by atoms with E-state index >= 15 is 0 Å². The molecule has 0 radical (unpaired) electrons. The standard InChI is InChI=1S/C18H16F3NO3/c1-24-15-7-3-5-12(16(15)25-18(20)21)17(23)22-14-9-8-10-11(14)4-2-6-13(10)19/h2-7,14,18H,8-9H2,1H3,(H,22,23). The van der Waals surface area contributed by atoms with Gasteiger partial charge in [0.05, 0.1) is 18.7 Å². The number of fused-ring (bicyclic) bond motifs is 1. The average Bonchev–Trinajstić information content (AvgIpc) is 2.99. The van der Waals surface area contributed by atoms with Crippen LogP contribution in [0.4, 0.5) is 13.2 Å². The van der Waals surface area contributed by atoms with E-state index in [1.165, 1.54) is 31.4 Å². The lowest BCUT2D eigenvalue weighted by Crippen LogP contribution is -2.28. The molecule has 25 heavy (non-hydrogen) atoms. The molecule has 0 spiro atoms. The molecule has 7 heteroatoms. The van der Waals surface area contributed by atoms with E-state index in [1.54, 1.807) is 12.1 Å². The van der Waals surface area contributed by atoms with E-state index < -0.39 is 12.5 Å². The summed E-state index contributed by atoms with van der Waals surface area (Å²) in [5, 5.41) is 2.76. The summed E-state index contributed by atoms with van der Waals surface area (Å²) in [5.41, 5.74) is 1.21. The van der Waals surface area contributed by atoms with Crippen molar-refractivity contribution >= 4 is 5.91 Å². The normalized spacial score (nSPS) is 15.8. The molecule has 1 unspecified atom stereocenters. The number of carbonyl (C=O) groups is 1. The summed E-state index contributed by atoms with van der Waals surface area (Å²) in [6, 6.07) is 8.62. The molecular formula is C18H16F3NO3. The molecule has 0 aliphatic heterocycles. The number of alkyl halides is 2. The Kier molecular flexibility index (Phi) is 4.83. The Morgan fingerprint density at radius 2 is 2.00 bits per heavy atom. The van der Waals surface area contributed by atoms with Gasteiger partial charge in [0.15, 0.2) is 11.5 Å². The molecule has 0 aromatic heterocycles. The lowest BCUT2D eigenvalue weighted by Gasteiger charge is -2.17. The predicted octanol–water partition coefficient (Wildman–Crippen LogP) is 3.85. The van der Waals surface area contributed by atoms with Crippen molar-refractivity contribution in [3.8, 4) is 11.5 Å². The average molecular weight is 351 g/mol. The van der Waals surface area contributed by atoms with Crippen molar-refractivity contribution in [1.29, 1.82) is 0 Å². The molecule has 1 atom stereocenters. The van der Waals surface area contributed by atoms with Crippen LogP contribution in [-0.4, -0.2) is 19.6 Å². The molecule has 0 saturated carbocycles. The van der Waals surface area contributed by atoms with Crippen molar-refractivity contribution in [2.75, 3.05) is 7.11 Å². The topological polar surface area (TPSA) is 47.6 Å². The highest BCUT2D eigenvalue weighted by molar-refractivity contribution is 5.98. The molecule has 1 amide bonds. The van der Waals surface area contributed by atoms with E-state index in [0.717, 1.165) is 0 Å². The molecule has 2 aromatic rings. The second kappa shape index (κ2) is 7.04. The van der Waals surface area contributed by atoms with Crippen LogP contribution in [-0.2, 0) is 6.42 Å². The molecular weight excluding hydrogens is 335 g/mol. The van der Waals surface area contributed by atoms with Gasteiger partial charge in [-0.1, -0.05) is 18.2 Å². The fourth-order valence-electron chi connectivity index (χ4n) is 3.06. The molecule has 0 heterocycles. The minimum atomic E-state index is -3.09. The van der Waals surface area contributed by atoms with E-state index in [0.29, 0.717) is 24.0 Å². The molecule has 2 aromatic carbocycles. The molecule has 1 N–H and O–H groups in total. The van der Waals surface area contributed by atoms with Crippen LogP contribution in [0.1, 0.15) is 33.9 Å². The smallest absolute Gasteiger partial charge is 0.387 e. The van der Waals surface area contributed by atoms with Crippen LogP contribution in [0.3, 0.4) is 0 Å². The fourth-order valence-corrected chi connectivity index (χ4v) is 3.06. The van der Waals surface area contributed by atoms with Crippen molar-refractivity contribution in [1.82, 2.24) is 5.32 Å². The lowest BCUT2D eigenvalue weighted by atomic mass is 10.1. The maximum absolute atomic E-state index is 13.8. The third-order valence-electron chi connectivity index (χ3n) is 4.17. The number of methoxy groups -OCH3 is 1. The Morgan fingerprint density at radius 3 is 2.72 bits per heavy atom. The number of nitrogens with one attached hydrogen (secondary N) is 1. The van der Waals surface area contributed by atoms with E-state index in [2.05, 4.69) is 10.1 Å². The van der Waals surface area contributed by atoms with Gasteiger partial charge in [-0.2, -0.15) is 8.78 Å². The number of ether oxygens (including phenoxy) is 2. The highest BCUT2D eigenvalue weighted by Gasteiger charge is 2.28. The van der Waals surface area contributed by atoms with Gasteiger partial charge in [-0.25, -0.2) is 4.39 Å². The fraction of sp³-hybridized carbons (Fsp3) is 0.278. The predicted molar refractivity (Wildman–Crippen MR) is 84.6 cm³/mol. The van der Waals surface area contributed by atoms with E-state index in [4.69, 9.17) is 4.74 Å². The zero-order valence-electron chi connectivity index (χ0n) is 13.4. The van der Waals surface area contributed by atoms with Gasteiger partial charge in [-0.15, -0.1) is 0 Å². The second-order valence-corrected chi connectivity index (χ2v) is 5.59. The van der Waals surface area contributed by atoms with Crippen LogP contribution in [0, 0.1) is 5.82 Å². The first-order valence-corrected chi connectivity index (χ1v) is 7.71. The molecule has 1 aliphatic rings. The third kappa shape index (κ3) is 3.40. The number of benzene rings is 2. The number of hydrogen-bond donors (Lipinski definition) is 1. The van der Waals surface area contributed by atoms with E-state index in [1.807, 2.05) is 0 Å². The van der Waals surface area contributed by atoms with Gasteiger partial charge in [0.25, 0.3) is 5.91 Å². The Morgan fingerprint density at radius 1 is 1.24 bits per heavy atom. The van der Waals surface area contributed by atoms with Crippen molar-refractivity contribution in [2.24, 2.45) is 0 Å². The SMILES string of the molecule is COc1cccc(C(=O)NC2CCc3c(F)cccc32)c1OC(F)F. The number of hydrogen-bond acceptors (Lipinski definition) is 3. The number of amides is 1. The monoisotopic (exact) mass is 351 g/mol. The minimum Gasteiger partial charge on any atom is -0.493 e. The Bertz CT molecular complexity index is 795. The van der Waals surface area contributed by atoms with Gasteiger partial charge in [0.2, 0.25) is 0 Å². The molecule has 1 aliphatic carbocycles. The van der Waals surface area contributed by atoms with Crippen LogP contribution in [0.2, 0.25) is 0 Å². The summed E-state index contributed by atoms with van der Waals surface area (Å²) >= 11 is 0. The van der Waals surface area contributed by atoms with Gasteiger partial charge in [-0.3, -0.25) is 4.79 Å². The third-order valence-corrected chi connectivity index (χ3v) is 4.17. The number of carbonyl (C=O) groups excluding carboxylic acids is 1. The first-order chi connectivity index (χ1) is 12.0. The number of halogens is 3. The summed E-state index contributed by atoms with van der Waals surface area (Å²) in [4.78, 5) is 12.6. The van der Waals surface area contributed by atoms with Crippen LogP contribution < -0.4 is 14.8 Å². The summed E-state index contributed by atoms with van der Waals surface area (Å²) in [6.07, 6.45) is 1.04. The molecule has 132 valence electrons. The summed E-state index contributed by atoms with van der Waals surface area (Å²) in [5.74, 6) is -1.19. The molecule has 3 rings (SSSR count). The van der Waals surface area contributed by atoms with E-state index in [-0.39, 0.29) is 28.9 Å². The van der Waals surface area contributed by atoms with Crippen LogP contribution >= 0.6 is 0 Å².